The van der Waals surface area contributed by atoms with E-state index in [9.17, 15) is 4.79 Å². The molecule has 7 nitrogen and oxygen atoms in total. The summed E-state index contributed by atoms with van der Waals surface area (Å²) in [6.45, 7) is 11.3. The van der Waals surface area contributed by atoms with E-state index < -0.39 is 0 Å². The maximum absolute atomic E-state index is 12.8. The van der Waals surface area contributed by atoms with Crippen LogP contribution in [0.1, 0.15) is 47.3 Å². The van der Waals surface area contributed by atoms with Crippen molar-refractivity contribution in [3.63, 3.8) is 0 Å². The second kappa shape index (κ2) is 6.37. The number of nitrogens with zero attached hydrogens (tertiary/aromatic N) is 5. The maximum atomic E-state index is 12.8. The van der Waals surface area contributed by atoms with E-state index in [-0.39, 0.29) is 5.91 Å². The highest BCUT2D eigenvalue weighted by Crippen LogP contribution is 2.34. The van der Waals surface area contributed by atoms with Crippen LogP contribution in [-0.2, 0) is 0 Å². The van der Waals surface area contributed by atoms with Crippen LogP contribution < -0.4 is 4.90 Å². The highest BCUT2D eigenvalue weighted by molar-refractivity contribution is 5.96. The normalized spacial score (nSPS) is 22.3. The van der Waals surface area contributed by atoms with Crippen LogP contribution in [0.5, 0.6) is 0 Å². The van der Waals surface area contributed by atoms with Crippen LogP contribution in [0.15, 0.2) is 16.9 Å². The molecule has 2 fully saturated rings. The molecule has 2 aliphatic heterocycles. The molecule has 2 aromatic rings. The quantitative estimate of drug-likeness (QED) is 0.842. The van der Waals surface area contributed by atoms with Crippen LogP contribution >= 0.6 is 0 Å². The lowest BCUT2D eigenvalue weighted by molar-refractivity contribution is 0.0780. The molecule has 0 spiro atoms. The Kier molecular flexibility index (Phi) is 4.17. The number of carbonyl (C=O) groups is 1. The van der Waals surface area contributed by atoms with Crippen molar-refractivity contribution in [2.75, 3.05) is 31.1 Å². The number of rotatable bonds is 3. The molecule has 2 aliphatic rings. The fourth-order valence-corrected chi connectivity index (χ4v) is 4.14. The summed E-state index contributed by atoms with van der Waals surface area (Å²) in [6.07, 6.45) is 1.66. The lowest BCUT2D eigenvalue weighted by Gasteiger charge is -2.23. The van der Waals surface area contributed by atoms with E-state index in [0.717, 1.165) is 37.7 Å². The van der Waals surface area contributed by atoms with Gasteiger partial charge in [0.25, 0.3) is 5.91 Å². The average Bonchev–Trinajstić information content (AvgIpc) is 3.27. The first kappa shape index (κ1) is 17.0. The molecule has 4 rings (SSSR count). The highest BCUT2D eigenvalue weighted by Gasteiger charge is 2.43. The van der Waals surface area contributed by atoms with Gasteiger partial charge in [0.2, 0.25) is 0 Å². The monoisotopic (exact) mass is 355 g/mol. The van der Waals surface area contributed by atoms with Gasteiger partial charge in [-0.1, -0.05) is 19.0 Å². The lowest BCUT2D eigenvalue weighted by Crippen LogP contribution is -2.34. The van der Waals surface area contributed by atoms with Crippen molar-refractivity contribution in [3.05, 3.63) is 35.1 Å². The minimum atomic E-state index is 0.0475. The van der Waals surface area contributed by atoms with Crippen LogP contribution in [0.2, 0.25) is 0 Å². The van der Waals surface area contributed by atoms with Gasteiger partial charge in [-0.2, -0.15) is 0 Å². The first-order chi connectivity index (χ1) is 12.4. The molecule has 4 heterocycles. The third-order valence-corrected chi connectivity index (χ3v) is 5.61. The molecule has 7 heteroatoms. The predicted octanol–water partition coefficient (Wildman–Crippen LogP) is 2.41. The summed E-state index contributed by atoms with van der Waals surface area (Å²) in [7, 11) is 0. The maximum Gasteiger partial charge on any atom is 0.259 e. The van der Waals surface area contributed by atoms with E-state index in [0.29, 0.717) is 34.8 Å². The van der Waals surface area contributed by atoms with Crippen molar-refractivity contribution >= 4 is 11.7 Å². The van der Waals surface area contributed by atoms with Gasteiger partial charge < -0.3 is 14.3 Å². The summed E-state index contributed by atoms with van der Waals surface area (Å²) in [6, 6.07) is 2.10. The second-order valence-corrected chi connectivity index (χ2v) is 7.79. The van der Waals surface area contributed by atoms with Crippen molar-refractivity contribution < 1.29 is 9.32 Å². The largest absolute Gasteiger partial charge is 0.361 e. The number of hydrogen-bond donors (Lipinski definition) is 0. The standard InChI is InChI=1S/C19H25N5O2/c1-11(2)16-5-17(21-10-20-16)23-6-14-8-24(9-15(14)7-23)19(25)18-12(3)22-26-13(18)4/h5,10-11,14-15H,6-9H2,1-4H3. The molecule has 26 heavy (non-hydrogen) atoms. The van der Waals surface area contributed by atoms with Gasteiger partial charge in [-0.15, -0.1) is 0 Å². The summed E-state index contributed by atoms with van der Waals surface area (Å²) >= 11 is 0. The zero-order valence-electron chi connectivity index (χ0n) is 15.8. The van der Waals surface area contributed by atoms with Gasteiger partial charge in [-0.25, -0.2) is 9.97 Å². The fraction of sp³-hybridized carbons (Fsp3) is 0.579. The Morgan fingerprint density at radius 1 is 1.15 bits per heavy atom. The first-order valence-electron chi connectivity index (χ1n) is 9.23. The number of carbonyl (C=O) groups excluding carboxylic acids is 1. The fourth-order valence-electron chi connectivity index (χ4n) is 4.14. The predicted molar refractivity (Wildman–Crippen MR) is 97.2 cm³/mol. The van der Waals surface area contributed by atoms with Gasteiger partial charge >= 0.3 is 0 Å². The zero-order chi connectivity index (χ0) is 18.4. The zero-order valence-corrected chi connectivity index (χ0v) is 15.8. The van der Waals surface area contributed by atoms with Crippen molar-refractivity contribution in [2.45, 2.75) is 33.6 Å². The van der Waals surface area contributed by atoms with E-state index in [4.69, 9.17) is 4.52 Å². The molecule has 0 N–H and O–H groups in total. The number of hydrogen-bond acceptors (Lipinski definition) is 6. The van der Waals surface area contributed by atoms with Crippen molar-refractivity contribution in [1.82, 2.24) is 20.0 Å². The molecule has 0 radical (unpaired) electrons. The highest BCUT2D eigenvalue weighted by atomic mass is 16.5. The van der Waals surface area contributed by atoms with Gasteiger partial charge in [0.15, 0.2) is 0 Å². The molecule has 2 unspecified atom stereocenters. The number of likely N-dealkylation sites (tertiary alicyclic amines) is 1. The Morgan fingerprint density at radius 3 is 2.42 bits per heavy atom. The summed E-state index contributed by atoms with van der Waals surface area (Å²) in [5.74, 6) is 3.01. The minimum Gasteiger partial charge on any atom is -0.361 e. The molecule has 0 saturated carbocycles. The number of fused-ring (bicyclic) bond motifs is 1. The van der Waals surface area contributed by atoms with Crippen LogP contribution in [-0.4, -0.2) is 52.1 Å². The minimum absolute atomic E-state index is 0.0475. The second-order valence-electron chi connectivity index (χ2n) is 7.79. The summed E-state index contributed by atoms with van der Waals surface area (Å²) in [5, 5.41) is 3.91. The average molecular weight is 355 g/mol. The summed E-state index contributed by atoms with van der Waals surface area (Å²) in [4.78, 5) is 26.0. The topological polar surface area (TPSA) is 75.4 Å². The smallest absolute Gasteiger partial charge is 0.259 e. The molecule has 2 saturated heterocycles. The lowest BCUT2D eigenvalue weighted by atomic mass is 10.0. The van der Waals surface area contributed by atoms with E-state index in [1.165, 1.54) is 0 Å². The van der Waals surface area contributed by atoms with Gasteiger partial charge in [0.05, 0.1) is 5.69 Å². The number of amides is 1. The van der Waals surface area contributed by atoms with E-state index in [2.05, 4.69) is 39.9 Å². The van der Waals surface area contributed by atoms with Crippen LogP contribution in [0.25, 0.3) is 0 Å². The molecule has 1 amide bonds. The van der Waals surface area contributed by atoms with Gasteiger partial charge in [-0.05, 0) is 19.8 Å². The number of aromatic nitrogens is 3. The molecular formula is C19H25N5O2. The SMILES string of the molecule is Cc1noc(C)c1C(=O)N1CC2CN(c3cc(C(C)C)ncn3)CC2C1. The van der Waals surface area contributed by atoms with E-state index in [1.807, 2.05) is 11.8 Å². The van der Waals surface area contributed by atoms with Crippen molar-refractivity contribution in [2.24, 2.45) is 11.8 Å². The third-order valence-electron chi connectivity index (χ3n) is 5.61. The Hall–Kier alpha value is -2.44. The number of aryl methyl sites for hydroxylation is 2. The molecule has 2 aromatic heterocycles. The summed E-state index contributed by atoms with van der Waals surface area (Å²) < 4.78 is 5.16. The molecule has 0 aliphatic carbocycles. The Balaban J connectivity index is 1.45. The molecule has 2 atom stereocenters. The van der Waals surface area contributed by atoms with Crippen LogP contribution in [0.4, 0.5) is 5.82 Å². The van der Waals surface area contributed by atoms with E-state index in [1.54, 1.807) is 13.3 Å². The van der Waals surface area contributed by atoms with Crippen LogP contribution in [0, 0.1) is 25.7 Å². The van der Waals surface area contributed by atoms with Gasteiger partial charge in [0, 0.05) is 49.8 Å². The van der Waals surface area contributed by atoms with Crippen molar-refractivity contribution in [3.8, 4) is 0 Å². The molecule has 0 bridgehead atoms. The van der Waals surface area contributed by atoms with Crippen LogP contribution in [0.3, 0.4) is 0 Å². The Morgan fingerprint density at radius 2 is 1.85 bits per heavy atom. The Labute approximate surface area is 153 Å². The van der Waals surface area contributed by atoms with Gasteiger partial charge in [0.1, 0.15) is 23.5 Å². The molecule has 138 valence electrons. The van der Waals surface area contributed by atoms with E-state index >= 15 is 0 Å². The van der Waals surface area contributed by atoms with Crippen molar-refractivity contribution in [1.29, 1.82) is 0 Å². The molecular weight excluding hydrogens is 330 g/mol. The Bertz CT molecular complexity index is 798. The molecule has 0 aromatic carbocycles. The number of anilines is 1. The first-order valence-corrected chi connectivity index (χ1v) is 9.23. The van der Waals surface area contributed by atoms with Gasteiger partial charge in [-0.3, -0.25) is 4.79 Å². The third kappa shape index (κ3) is 2.85. The summed E-state index contributed by atoms with van der Waals surface area (Å²) in [5.41, 5.74) is 2.37.